The van der Waals surface area contributed by atoms with Crippen molar-refractivity contribution in [1.82, 2.24) is 10.2 Å². The zero-order valence-corrected chi connectivity index (χ0v) is 18.5. The van der Waals surface area contributed by atoms with Gasteiger partial charge >= 0.3 is 0 Å². The quantitative estimate of drug-likeness (QED) is 0.656. The smallest absolute Gasteiger partial charge is 0.242 e. The molecule has 1 fully saturated rings. The van der Waals surface area contributed by atoms with E-state index in [1.807, 2.05) is 24.3 Å². The zero-order chi connectivity index (χ0) is 21.5. The Kier molecular flexibility index (Phi) is 8.14. The summed E-state index contributed by atoms with van der Waals surface area (Å²) in [7, 11) is 0. The van der Waals surface area contributed by atoms with Crippen LogP contribution in [0.2, 0.25) is 10.0 Å². The summed E-state index contributed by atoms with van der Waals surface area (Å²) in [5.74, 6) is -0.323. The Hall–Kier alpha value is -2.08. The molecule has 0 bridgehead atoms. The van der Waals surface area contributed by atoms with E-state index in [0.29, 0.717) is 23.1 Å². The number of nitrogens with zero attached hydrogens (tertiary/aromatic N) is 1. The van der Waals surface area contributed by atoms with Crippen molar-refractivity contribution in [2.75, 3.05) is 13.2 Å². The molecule has 1 N–H and O–H groups in total. The highest BCUT2D eigenvalue weighted by Gasteiger charge is 2.27. The normalized spacial score (nSPS) is 16.8. The first-order valence-electron chi connectivity index (χ1n) is 10.1. The Morgan fingerprint density at radius 2 is 1.67 bits per heavy atom. The van der Waals surface area contributed by atoms with Gasteiger partial charge in [0.05, 0.1) is 12.5 Å². The van der Waals surface area contributed by atoms with E-state index in [1.165, 1.54) is 0 Å². The van der Waals surface area contributed by atoms with E-state index in [4.69, 9.17) is 27.9 Å². The molecule has 2 aromatic carbocycles. The molecule has 0 aliphatic carbocycles. The topological polar surface area (TPSA) is 58.6 Å². The van der Waals surface area contributed by atoms with Gasteiger partial charge in [-0.05, 0) is 55.2 Å². The van der Waals surface area contributed by atoms with Crippen molar-refractivity contribution in [3.8, 4) is 0 Å². The summed E-state index contributed by atoms with van der Waals surface area (Å²) in [4.78, 5) is 27.5. The van der Waals surface area contributed by atoms with Crippen molar-refractivity contribution in [1.29, 1.82) is 0 Å². The van der Waals surface area contributed by atoms with Crippen LogP contribution in [0, 0.1) is 0 Å². The minimum Gasteiger partial charge on any atom is -0.376 e. The summed E-state index contributed by atoms with van der Waals surface area (Å²) in [6.07, 6.45) is 2.20. The van der Waals surface area contributed by atoms with Gasteiger partial charge in [0.25, 0.3) is 0 Å². The van der Waals surface area contributed by atoms with Crippen molar-refractivity contribution < 1.29 is 14.3 Å². The Morgan fingerprint density at radius 3 is 2.23 bits per heavy atom. The molecule has 160 valence electrons. The molecule has 1 heterocycles. The number of carbonyl (C=O) groups excluding carboxylic acids is 2. The molecular formula is C23H26Cl2N2O3. The lowest BCUT2D eigenvalue weighted by molar-refractivity contribution is -0.140. The first-order chi connectivity index (χ1) is 14.4. The molecular weight excluding hydrogens is 423 g/mol. The van der Waals surface area contributed by atoms with Gasteiger partial charge in [0, 0.05) is 29.7 Å². The minimum atomic E-state index is -0.623. The van der Waals surface area contributed by atoms with Crippen LogP contribution < -0.4 is 5.32 Å². The monoisotopic (exact) mass is 448 g/mol. The fourth-order valence-corrected chi connectivity index (χ4v) is 3.67. The Morgan fingerprint density at radius 1 is 1.07 bits per heavy atom. The number of benzene rings is 2. The van der Waals surface area contributed by atoms with E-state index in [-0.39, 0.29) is 24.3 Å². The summed E-state index contributed by atoms with van der Waals surface area (Å²) in [5, 5.41) is 4.17. The molecule has 1 saturated heterocycles. The summed E-state index contributed by atoms with van der Waals surface area (Å²) in [5.41, 5.74) is 1.75. The van der Waals surface area contributed by atoms with Gasteiger partial charge in [-0.15, -0.1) is 0 Å². The van der Waals surface area contributed by atoms with Crippen LogP contribution in [0.1, 0.15) is 30.9 Å². The highest BCUT2D eigenvalue weighted by atomic mass is 35.5. The fraction of sp³-hybridized carbons (Fsp3) is 0.391. The molecule has 0 saturated carbocycles. The molecule has 5 nitrogen and oxygen atoms in total. The van der Waals surface area contributed by atoms with E-state index >= 15 is 0 Å². The van der Waals surface area contributed by atoms with Gasteiger partial charge in [0.2, 0.25) is 11.8 Å². The van der Waals surface area contributed by atoms with Crippen molar-refractivity contribution >= 4 is 35.0 Å². The van der Waals surface area contributed by atoms with E-state index in [2.05, 4.69) is 5.32 Å². The largest absolute Gasteiger partial charge is 0.376 e. The Bertz CT molecular complexity index is 850. The molecule has 2 aromatic rings. The van der Waals surface area contributed by atoms with Crippen molar-refractivity contribution in [3.05, 3.63) is 69.7 Å². The Labute approximate surface area is 187 Å². The van der Waals surface area contributed by atoms with Crippen LogP contribution in [-0.4, -0.2) is 42.0 Å². The number of carbonyl (C=O) groups is 2. The van der Waals surface area contributed by atoms with E-state index in [9.17, 15) is 9.59 Å². The molecule has 3 rings (SSSR count). The lowest BCUT2D eigenvalue weighted by atomic mass is 10.1. The summed E-state index contributed by atoms with van der Waals surface area (Å²) in [6, 6.07) is 13.8. The SMILES string of the molecule is C[C@H](C(=O)NC[C@@H]1CCCO1)N(Cc1ccc(Cl)cc1)C(=O)Cc1ccc(Cl)cc1. The third-order valence-corrected chi connectivity index (χ3v) is 5.73. The second-order valence-corrected chi connectivity index (χ2v) is 8.38. The molecule has 0 spiro atoms. The standard InChI is InChI=1S/C23H26Cl2N2O3/c1-16(23(29)26-14-21-3-2-12-30-21)27(15-18-6-10-20(25)11-7-18)22(28)13-17-4-8-19(24)9-5-17/h4-11,16,21H,2-3,12-15H2,1H3,(H,26,29)/t16-,21+/m1/s1. The van der Waals surface area contributed by atoms with Crippen molar-refractivity contribution in [3.63, 3.8) is 0 Å². The fourth-order valence-electron chi connectivity index (χ4n) is 3.42. The van der Waals surface area contributed by atoms with Gasteiger partial charge in [0.1, 0.15) is 6.04 Å². The third-order valence-electron chi connectivity index (χ3n) is 5.23. The number of rotatable bonds is 8. The lowest BCUT2D eigenvalue weighted by Gasteiger charge is -2.29. The van der Waals surface area contributed by atoms with E-state index < -0.39 is 6.04 Å². The van der Waals surface area contributed by atoms with Crippen molar-refractivity contribution in [2.45, 2.75) is 44.9 Å². The summed E-state index contributed by atoms with van der Waals surface area (Å²) < 4.78 is 5.57. The number of hydrogen-bond acceptors (Lipinski definition) is 3. The average molecular weight is 449 g/mol. The Balaban J connectivity index is 1.71. The lowest BCUT2D eigenvalue weighted by Crippen LogP contribution is -2.49. The zero-order valence-electron chi connectivity index (χ0n) is 16.9. The number of amides is 2. The summed E-state index contributed by atoms with van der Waals surface area (Å²) in [6.45, 7) is 3.26. The van der Waals surface area contributed by atoms with Crippen LogP contribution in [0.25, 0.3) is 0 Å². The first kappa shape index (κ1) is 22.6. The molecule has 2 atom stereocenters. The second kappa shape index (κ2) is 10.8. The predicted molar refractivity (Wildman–Crippen MR) is 119 cm³/mol. The van der Waals surface area contributed by atoms with Crippen LogP contribution in [0.5, 0.6) is 0 Å². The number of hydrogen-bond donors (Lipinski definition) is 1. The van der Waals surface area contributed by atoms with Gasteiger partial charge in [-0.1, -0.05) is 47.5 Å². The molecule has 30 heavy (non-hydrogen) atoms. The maximum Gasteiger partial charge on any atom is 0.242 e. The van der Waals surface area contributed by atoms with Gasteiger partial charge in [-0.3, -0.25) is 9.59 Å². The molecule has 1 aliphatic heterocycles. The average Bonchev–Trinajstić information content (AvgIpc) is 3.26. The van der Waals surface area contributed by atoms with Gasteiger partial charge in [0.15, 0.2) is 0 Å². The maximum absolute atomic E-state index is 13.1. The van der Waals surface area contributed by atoms with Gasteiger partial charge < -0.3 is 15.0 Å². The number of ether oxygens (including phenoxy) is 1. The minimum absolute atomic E-state index is 0.0515. The highest BCUT2D eigenvalue weighted by molar-refractivity contribution is 6.30. The van der Waals surface area contributed by atoms with E-state index in [1.54, 1.807) is 36.1 Å². The molecule has 2 amide bonds. The van der Waals surface area contributed by atoms with Crippen molar-refractivity contribution in [2.24, 2.45) is 0 Å². The second-order valence-electron chi connectivity index (χ2n) is 7.51. The van der Waals surface area contributed by atoms with Crippen LogP contribution in [-0.2, 0) is 27.3 Å². The highest BCUT2D eigenvalue weighted by Crippen LogP contribution is 2.17. The van der Waals surface area contributed by atoms with Gasteiger partial charge in [-0.2, -0.15) is 0 Å². The third kappa shape index (κ3) is 6.46. The molecule has 7 heteroatoms. The summed E-state index contributed by atoms with van der Waals surface area (Å²) >= 11 is 11.9. The van der Waals surface area contributed by atoms with Crippen LogP contribution in [0.3, 0.4) is 0 Å². The first-order valence-corrected chi connectivity index (χ1v) is 10.9. The number of nitrogens with one attached hydrogen (secondary N) is 1. The van der Waals surface area contributed by atoms with Crippen LogP contribution >= 0.6 is 23.2 Å². The number of halogens is 2. The molecule has 0 aromatic heterocycles. The predicted octanol–water partition coefficient (Wildman–Crippen LogP) is 4.25. The van der Waals surface area contributed by atoms with Crippen LogP contribution in [0.15, 0.2) is 48.5 Å². The molecule has 0 unspecified atom stereocenters. The molecule has 0 radical (unpaired) electrons. The maximum atomic E-state index is 13.1. The van der Waals surface area contributed by atoms with E-state index in [0.717, 1.165) is 30.6 Å². The molecule has 1 aliphatic rings. The van der Waals surface area contributed by atoms with Crippen LogP contribution in [0.4, 0.5) is 0 Å². The van der Waals surface area contributed by atoms with Gasteiger partial charge in [-0.25, -0.2) is 0 Å².